The van der Waals surface area contributed by atoms with Crippen LogP contribution in [0.3, 0.4) is 0 Å². The van der Waals surface area contributed by atoms with E-state index < -0.39 is 0 Å². The van der Waals surface area contributed by atoms with E-state index >= 15 is 0 Å². The molecule has 0 aliphatic heterocycles. The van der Waals surface area contributed by atoms with E-state index in [0.29, 0.717) is 0 Å². The summed E-state index contributed by atoms with van der Waals surface area (Å²) in [5.74, 6) is 0. The highest BCUT2D eigenvalue weighted by Gasteiger charge is 2.06. The maximum absolute atomic E-state index is 2.26. The predicted molar refractivity (Wildman–Crippen MR) is 87.9 cm³/mol. The molecule has 2 aromatic carbocycles. The van der Waals surface area contributed by atoms with Gasteiger partial charge in [-0.05, 0) is 24.6 Å². The van der Waals surface area contributed by atoms with Crippen molar-refractivity contribution in [3.8, 4) is 0 Å². The molecule has 3 aromatic rings. The fourth-order valence-corrected chi connectivity index (χ4v) is 2.27. The van der Waals surface area contributed by atoms with Gasteiger partial charge in [-0.25, -0.2) is 0 Å². The van der Waals surface area contributed by atoms with Crippen molar-refractivity contribution in [2.24, 2.45) is 7.05 Å². The second-order valence-electron chi connectivity index (χ2n) is 4.10. The number of aryl methyl sites for hydroxylation is 2. The molecule has 0 unspecified atom stereocenters. The molecule has 0 saturated heterocycles. The first kappa shape index (κ1) is 15.3. The minimum absolute atomic E-state index is 1.30. The van der Waals surface area contributed by atoms with Gasteiger partial charge in [0.25, 0.3) is 0 Å². The summed E-state index contributed by atoms with van der Waals surface area (Å²) in [6.07, 6.45) is 0. The predicted octanol–water partition coefficient (Wildman–Crippen LogP) is 5.69. The minimum atomic E-state index is 1.30. The molecular weight excluding hydrogens is 230 g/mol. The Labute approximate surface area is 116 Å². The van der Waals surface area contributed by atoms with Crippen molar-refractivity contribution in [3.05, 3.63) is 48.0 Å². The van der Waals surface area contributed by atoms with Crippen LogP contribution in [0.15, 0.2) is 42.5 Å². The monoisotopic (exact) mass is 255 g/mol. The Balaban J connectivity index is 0.000000415. The lowest BCUT2D eigenvalue weighted by Gasteiger charge is -1.97. The Morgan fingerprint density at radius 1 is 0.737 bits per heavy atom. The molecule has 1 nitrogen and oxygen atoms in total. The van der Waals surface area contributed by atoms with Gasteiger partial charge in [0.2, 0.25) is 0 Å². The summed E-state index contributed by atoms with van der Waals surface area (Å²) in [5, 5.41) is 2.69. The van der Waals surface area contributed by atoms with Gasteiger partial charge in [0.1, 0.15) is 0 Å². The fraction of sp³-hybridized carbons (Fsp3) is 0.333. The lowest BCUT2D eigenvalue weighted by molar-refractivity contribution is 1.01. The summed E-state index contributed by atoms with van der Waals surface area (Å²) in [5.41, 5.74) is 3.93. The zero-order valence-corrected chi connectivity index (χ0v) is 13.0. The lowest BCUT2D eigenvalue weighted by Crippen LogP contribution is -1.86. The van der Waals surface area contributed by atoms with Crippen LogP contribution in [0, 0.1) is 6.92 Å². The topological polar surface area (TPSA) is 4.93 Å². The molecule has 3 rings (SSSR count). The number of fused-ring (bicyclic) bond motifs is 3. The van der Waals surface area contributed by atoms with Crippen LogP contribution in [-0.4, -0.2) is 4.57 Å². The summed E-state index contributed by atoms with van der Waals surface area (Å²) < 4.78 is 2.26. The molecule has 0 aliphatic carbocycles. The molecule has 19 heavy (non-hydrogen) atoms. The fourth-order valence-electron chi connectivity index (χ4n) is 2.27. The van der Waals surface area contributed by atoms with Gasteiger partial charge in [0.15, 0.2) is 0 Å². The van der Waals surface area contributed by atoms with Crippen LogP contribution in [0.4, 0.5) is 0 Å². The zero-order valence-electron chi connectivity index (χ0n) is 13.0. The van der Waals surface area contributed by atoms with Crippen LogP contribution < -0.4 is 0 Å². The lowest BCUT2D eigenvalue weighted by atomic mass is 10.1. The third kappa shape index (κ3) is 2.81. The van der Waals surface area contributed by atoms with Crippen LogP contribution in [0.2, 0.25) is 0 Å². The highest BCUT2D eigenvalue weighted by atomic mass is 14.9. The molecular formula is C18H25N. The molecule has 0 radical (unpaired) electrons. The van der Waals surface area contributed by atoms with Gasteiger partial charge in [-0.3, -0.25) is 0 Å². The number of benzene rings is 2. The molecule has 1 heteroatoms. The Bertz CT molecular complexity index is 647. The van der Waals surface area contributed by atoms with Crippen LogP contribution in [-0.2, 0) is 7.05 Å². The number of para-hydroxylation sites is 1. The molecule has 0 N–H and O–H groups in total. The Hall–Kier alpha value is -1.76. The third-order valence-electron chi connectivity index (χ3n) is 3.07. The number of nitrogens with zero attached hydrogens (tertiary/aromatic N) is 1. The second-order valence-corrected chi connectivity index (χ2v) is 4.10. The number of hydrogen-bond acceptors (Lipinski definition) is 0. The van der Waals surface area contributed by atoms with Crippen molar-refractivity contribution in [2.45, 2.75) is 34.6 Å². The molecule has 1 heterocycles. The zero-order chi connectivity index (χ0) is 14.4. The first-order valence-corrected chi connectivity index (χ1v) is 7.21. The van der Waals surface area contributed by atoms with Crippen molar-refractivity contribution >= 4 is 21.8 Å². The van der Waals surface area contributed by atoms with Crippen molar-refractivity contribution in [1.82, 2.24) is 4.57 Å². The van der Waals surface area contributed by atoms with E-state index in [-0.39, 0.29) is 0 Å². The Kier molecular flexibility index (Phi) is 5.62. The van der Waals surface area contributed by atoms with E-state index in [1.54, 1.807) is 0 Å². The first-order valence-electron chi connectivity index (χ1n) is 7.21. The molecule has 0 spiro atoms. The van der Waals surface area contributed by atoms with Crippen molar-refractivity contribution in [1.29, 1.82) is 0 Å². The van der Waals surface area contributed by atoms with E-state index in [4.69, 9.17) is 0 Å². The average molecular weight is 255 g/mol. The summed E-state index contributed by atoms with van der Waals surface area (Å²) in [7, 11) is 2.13. The number of rotatable bonds is 0. The normalized spacial score (nSPS) is 9.58. The van der Waals surface area contributed by atoms with Gasteiger partial charge >= 0.3 is 0 Å². The van der Waals surface area contributed by atoms with Gasteiger partial charge in [-0.1, -0.05) is 58.0 Å². The van der Waals surface area contributed by atoms with Crippen LogP contribution >= 0.6 is 0 Å². The van der Waals surface area contributed by atoms with E-state index in [1.165, 1.54) is 27.4 Å². The quantitative estimate of drug-likeness (QED) is 0.486. The second kappa shape index (κ2) is 6.98. The Morgan fingerprint density at radius 2 is 1.32 bits per heavy atom. The van der Waals surface area contributed by atoms with Gasteiger partial charge in [-0.15, -0.1) is 0 Å². The smallest absolute Gasteiger partial charge is 0.0491 e. The molecule has 102 valence electrons. The Morgan fingerprint density at radius 3 is 2.00 bits per heavy atom. The molecule has 0 amide bonds. The van der Waals surface area contributed by atoms with Crippen molar-refractivity contribution in [2.75, 3.05) is 0 Å². The molecule has 0 bridgehead atoms. The highest BCUT2D eigenvalue weighted by Crippen LogP contribution is 2.28. The summed E-state index contributed by atoms with van der Waals surface area (Å²) in [4.78, 5) is 0. The van der Waals surface area contributed by atoms with E-state index in [9.17, 15) is 0 Å². The largest absolute Gasteiger partial charge is 0.344 e. The number of aromatic nitrogens is 1. The maximum atomic E-state index is 2.26. The molecule has 0 atom stereocenters. The third-order valence-corrected chi connectivity index (χ3v) is 3.07. The van der Waals surface area contributed by atoms with E-state index in [0.717, 1.165) is 0 Å². The first-order chi connectivity index (χ1) is 9.27. The van der Waals surface area contributed by atoms with E-state index in [2.05, 4.69) is 61.0 Å². The van der Waals surface area contributed by atoms with Crippen molar-refractivity contribution < 1.29 is 0 Å². The van der Waals surface area contributed by atoms with Crippen molar-refractivity contribution in [3.63, 3.8) is 0 Å². The van der Waals surface area contributed by atoms with E-state index in [1.807, 2.05) is 27.7 Å². The van der Waals surface area contributed by atoms with Gasteiger partial charge in [-0.2, -0.15) is 0 Å². The number of hydrogen-bond donors (Lipinski definition) is 0. The molecule has 0 fully saturated rings. The van der Waals surface area contributed by atoms with Crippen LogP contribution in [0.1, 0.15) is 33.3 Å². The molecule has 0 saturated carbocycles. The SMILES string of the molecule is CC.CC.Cc1ccc2c3ccccc3n(C)c2c1. The van der Waals surface area contributed by atoms with Gasteiger partial charge in [0.05, 0.1) is 0 Å². The summed E-state index contributed by atoms with van der Waals surface area (Å²) in [6.45, 7) is 10.1. The standard InChI is InChI=1S/C14H13N.2C2H6/c1-10-7-8-12-11-5-3-4-6-13(11)15(2)14(12)9-10;2*1-2/h3-9H,1-2H3;2*1-2H3. The molecule has 1 aromatic heterocycles. The molecule has 0 aliphatic rings. The minimum Gasteiger partial charge on any atom is -0.344 e. The van der Waals surface area contributed by atoms with Gasteiger partial charge < -0.3 is 4.57 Å². The average Bonchev–Trinajstić information content (AvgIpc) is 2.77. The summed E-state index contributed by atoms with van der Waals surface area (Å²) in [6, 6.07) is 15.2. The van der Waals surface area contributed by atoms with Gasteiger partial charge in [0, 0.05) is 28.9 Å². The summed E-state index contributed by atoms with van der Waals surface area (Å²) >= 11 is 0. The maximum Gasteiger partial charge on any atom is 0.0491 e. The highest BCUT2D eigenvalue weighted by molar-refractivity contribution is 6.08. The van der Waals surface area contributed by atoms with Crippen LogP contribution in [0.5, 0.6) is 0 Å². The van der Waals surface area contributed by atoms with Crippen LogP contribution in [0.25, 0.3) is 21.8 Å².